The average molecular weight is 414 g/mol. The number of nitrogens with zero attached hydrogens (tertiary/aromatic N) is 2. The Morgan fingerprint density at radius 3 is 2.35 bits per heavy atom. The zero-order valence-electron chi connectivity index (χ0n) is 13.9. The number of rotatable bonds is 5. The number of aromatic nitrogens is 2. The van der Waals surface area contributed by atoms with E-state index in [0.717, 1.165) is 15.8 Å². The van der Waals surface area contributed by atoms with Gasteiger partial charge in [-0.15, -0.1) is 0 Å². The number of anilines is 5. The van der Waals surface area contributed by atoms with E-state index in [1.807, 2.05) is 24.3 Å². The fourth-order valence-electron chi connectivity index (χ4n) is 2.23. The molecular formula is C18H16BrN5O2. The summed E-state index contributed by atoms with van der Waals surface area (Å²) in [4.78, 5) is 19.9. The first-order valence-electron chi connectivity index (χ1n) is 7.66. The van der Waals surface area contributed by atoms with Gasteiger partial charge in [0.05, 0.1) is 18.4 Å². The molecule has 1 aromatic heterocycles. The molecule has 0 unspecified atom stereocenters. The van der Waals surface area contributed by atoms with Crippen LogP contribution in [0.25, 0.3) is 0 Å². The fraction of sp³-hybridized carbons (Fsp3) is 0.0556. The Hall–Kier alpha value is -3.13. The number of nitrogens with two attached hydrogens (primary N) is 1. The van der Waals surface area contributed by atoms with Gasteiger partial charge in [-0.3, -0.25) is 0 Å². The summed E-state index contributed by atoms with van der Waals surface area (Å²) in [5.74, 6) is 0.555. The van der Waals surface area contributed by atoms with Gasteiger partial charge in [0, 0.05) is 10.2 Å². The van der Waals surface area contributed by atoms with Crippen molar-refractivity contribution in [3.8, 4) is 0 Å². The van der Waals surface area contributed by atoms with Gasteiger partial charge in [0.2, 0.25) is 0 Å². The van der Waals surface area contributed by atoms with E-state index in [2.05, 4.69) is 41.3 Å². The predicted molar refractivity (Wildman–Crippen MR) is 105 cm³/mol. The highest BCUT2D eigenvalue weighted by molar-refractivity contribution is 9.10. The summed E-state index contributed by atoms with van der Waals surface area (Å²) in [6, 6.07) is 14.5. The number of benzene rings is 2. The van der Waals surface area contributed by atoms with Crippen molar-refractivity contribution in [3.05, 3.63) is 64.9 Å². The quantitative estimate of drug-likeness (QED) is 0.541. The van der Waals surface area contributed by atoms with E-state index in [-0.39, 0.29) is 0 Å². The molecule has 0 spiro atoms. The third-order valence-electron chi connectivity index (χ3n) is 3.58. The van der Waals surface area contributed by atoms with Crippen LogP contribution in [0.3, 0.4) is 0 Å². The minimum atomic E-state index is -0.391. The lowest BCUT2D eigenvalue weighted by atomic mass is 10.2. The van der Waals surface area contributed by atoms with E-state index >= 15 is 0 Å². The molecule has 0 aliphatic carbocycles. The van der Waals surface area contributed by atoms with Crippen LogP contribution >= 0.6 is 15.9 Å². The number of methoxy groups -OCH3 is 1. The molecule has 0 amide bonds. The minimum absolute atomic E-state index is 0.375. The van der Waals surface area contributed by atoms with Crippen molar-refractivity contribution in [2.75, 3.05) is 23.5 Å². The van der Waals surface area contributed by atoms with Gasteiger partial charge in [0.1, 0.15) is 12.0 Å². The van der Waals surface area contributed by atoms with Crippen LogP contribution in [-0.2, 0) is 4.74 Å². The van der Waals surface area contributed by atoms with Crippen LogP contribution in [0.5, 0.6) is 0 Å². The van der Waals surface area contributed by atoms with Gasteiger partial charge in [0.15, 0.2) is 11.6 Å². The van der Waals surface area contributed by atoms with Crippen LogP contribution in [0.15, 0.2) is 59.3 Å². The highest BCUT2D eigenvalue weighted by Crippen LogP contribution is 2.30. The number of hydrogen-bond acceptors (Lipinski definition) is 7. The molecule has 132 valence electrons. The molecule has 0 aliphatic rings. The topological polar surface area (TPSA) is 102 Å². The molecule has 0 bridgehead atoms. The van der Waals surface area contributed by atoms with Gasteiger partial charge >= 0.3 is 5.97 Å². The molecule has 26 heavy (non-hydrogen) atoms. The highest BCUT2D eigenvalue weighted by Gasteiger charge is 2.11. The van der Waals surface area contributed by atoms with Gasteiger partial charge in [-0.1, -0.05) is 12.1 Å². The Balaban J connectivity index is 1.81. The van der Waals surface area contributed by atoms with Gasteiger partial charge in [0.25, 0.3) is 0 Å². The molecule has 1 heterocycles. The van der Waals surface area contributed by atoms with Gasteiger partial charge in [-0.25, -0.2) is 14.8 Å². The van der Waals surface area contributed by atoms with Crippen molar-refractivity contribution in [1.82, 2.24) is 9.97 Å². The van der Waals surface area contributed by atoms with E-state index in [1.54, 1.807) is 24.3 Å². The molecule has 4 N–H and O–H groups in total. The third-order valence-corrected chi connectivity index (χ3v) is 4.27. The standard InChI is InChI=1S/C18H16BrN5O2/c1-26-18(25)11-6-8-12(9-7-11)23-16-15(20)17(22-10-21-16)24-14-5-3-2-4-13(14)19/h2-10H,20H2,1H3,(H2,21,22,23,24). The van der Waals surface area contributed by atoms with E-state index in [9.17, 15) is 4.79 Å². The van der Waals surface area contributed by atoms with Crippen molar-refractivity contribution in [1.29, 1.82) is 0 Å². The van der Waals surface area contributed by atoms with E-state index in [1.165, 1.54) is 13.4 Å². The summed E-state index contributed by atoms with van der Waals surface area (Å²) in [6.07, 6.45) is 1.42. The van der Waals surface area contributed by atoms with Crippen molar-refractivity contribution < 1.29 is 9.53 Å². The Morgan fingerprint density at radius 1 is 1.04 bits per heavy atom. The van der Waals surface area contributed by atoms with E-state index in [0.29, 0.717) is 22.9 Å². The Kier molecular flexibility index (Phi) is 5.33. The fourth-order valence-corrected chi connectivity index (χ4v) is 2.61. The lowest BCUT2D eigenvalue weighted by Crippen LogP contribution is -2.06. The molecule has 0 fully saturated rings. The molecule has 0 aliphatic heterocycles. The van der Waals surface area contributed by atoms with Crippen LogP contribution in [0, 0.1) is 0 Å². The molecule has 3 aromatic rings. The first-order valence-corrected chi connectivity index (χ1v) is 8.45. The van der Waals surface area contributed by atoms with Crippen molar-refractivity contribution in [3.63, 3.8) is 0 Å². The maximum Gasteiger partial charge on any atom is 0.337 e. The number of nitrogens with one attached hydrogen (secondary N) is 2. The SMILES string of the molecule is COC(=O)c1ccc(Nc2ncnc(Nc3ccccc3Br)c2N)cc1. The molecule has 0 radical (unpaired) electrons. The molecule has 0 atom stereocenters. The smallest absolute Gasteiger partial charge is 0.337 e. The number of hydrogen-bond donors (Lipinski definition) is 3. The number of esters is 1. The zero-order valence-corrected chi connectivity index (χ0v) is 15.4. The summed E-state index contributed by atoms with van der Waals surface area (Å²) >= 11 is 3.47. The van der Waals surface area contributed by atoms with E-state index in [4.69, 9.17) is 5.73 Å². The zero-order chi connectivity index (χ0) is 18.5. The Morgan fingerprint density at radius 2 is 1.69 bits per heavy atom. The average Bonchev–Trinajstić information content (AvgIpc) is 2.66. The maximum absolute atomic E-state index is 11.5. The van der Waals surface area contributed by atoms with Crippen LogP contribution < -0.4 is 16.4 Å². The second-order valence-corrected chi connectivity index (χ2v) is 6.14. The Bertz CT molecular complexity index is 931. The number of halogens is 1. The molecule has 0 saturated carbocycles. The van der Waals surface area contributed by atoms with Gasteiger partial charge in [-0.2, -0.15) is 0 Å². The van der Waals surface area contributed by atoms with Crippen molar-refractivity contribution >= 4 is 50.6 Å². The second-order valence-electron chi connectivity index (χ2n) is 5.28. The second kappa shape index (κ2) is 7.83. The van der Waals surface area contributed by atoms with Crippen LogP contribution in [0.1, 0.15) is 10.4 Å². The molecule has 7 nitrogen and oxygen atoms in total. The van der Waals surface area contributed by atoms with Crippen LogP contribution in [0.2, 0.25) is 0 Å². The monoisotopic (exact) mass is 413 g/mol. The first-order chi connectivity index (χ1) is 12.6. The summed E-state index contributed by atoms with van der Waals surface area (Å²) in [6.45, 7) is 0. The largest absolute Gasteiger partial charge is 0.465 e. The van der Waals surface area contributed by atoms with Crippen LogP contribution in [-0.4, -0.2) is 23.0 Å². The van der Waals surface area contributed by atoms with E-state index < -0.39 is 5.97 Å². The Labute approximate surface area is 158 Å². The minimum Gasteiger partial charge on any atom is -0.465 e. The van der Waals surface area contributed by atoms with Crippen molar-refractivity contribution in [2.45, 2.75) is 0 Å². The van der Waals surface area contributed by atoms with Gasteiger partial charge < -0.3 is 21.1 Å². The molecule has 3 rings (SSSR count). The molecule has 2 aromatic carbocycles. The number of carbonyl (C=O) groups excluding carboxylic acids is 1. The number of ether oxygens (including phenoxy) is 1. The molecule has 0 saturated heterocycles. The first kappa shape index (κ1) is 17.7. The maximum atomic E-state index is 11.5. The highest BCUT2D eigenvalue weighted by atomic mass is 79.9. The molecular weight excluding hydrogens is 398 g/mol. The summed E-state index contributed by atoms with van der Waals surface area (Å²) < 4.78 is 5.58. The summed E-state index contributed by atoms with van der Waals surface area (Å²) in [5, 5.41) is 6.29. The number of para-hydroxylation sites is 1. The lowest BCUT2D eigenvalue weighted by molar-refractivity contribution is 0.0601. The summed E-state index contributed by atoms with van der Waals surface area (Å²) in [7, 11) is 1.34. The van der Waals surface area contributed by atoms with Crippen LogP contribution in [0.4, 0.5) is 28.7 Å². The summed E-state index contributed by atoms with van der Waals surface area (Å²) in [5.41, 5.74) is 8.60. The third kappa shape index (κ3) is 3.92. The number of carbonyl (C=O) groups is 1. The van der Waals surface area contributed by atoms with Crippen molar-refractivity contribution in [2.24, 2.45) is 0 Å². The normalized spacial score (nSPS) is 10.2. The van der Waals surface area contributed by atoms with Gasteiger partial charge in [-0.05, 0) is 52.3 Å². The number of nitrogen functional groups attached to an aromatic ring is 1. The predicted octanol–water partition coefficient (Wildman–Crippen LogP) is 4.10. The molecule has 8 heteroatoms. The lowest BCUT2D eigenvalue weighted by Gasteiger charge is -2.13.